The van der Waals surface area contributed by atoms with Crippen molar-refractivity contribution in [2.75, 3.05) is 26.2 Å². The highest BCUT2D eigenvalue weighted by Crippen LogP contribution is 2.23. The van der Waals surface area contributed by atoms with E-state index in [4.69, 9.17) is 5.73 Å². The van der Waals surface area contributed by atoms with Gasteiger partial charge in [-0.3, -0.25) is 4.79 Å². The van der Waals surface area contributed by atoms with Crippen LogP contribution in [0, 0.1) is 6.92 Å². The minimum absolute atomic E-state index is 0.0513. The van der Waals surface area contributed by atoms with Crippen molar-refractivity contribution in [2.24, 2.45) is 5.73 Å². The molecule has 122 valence electrons. The third-order valence-electron chi connectivity index (χ3n) is 3.65. The van der Waals surface area contributed by atoms with E-state index in [2.05, 4.69) is 5.32 Å². The van der Waals surface area contributed by atoms with Gasteiger partial charge in [-0.25, -0.2) is 12.8 Å². The number of hydrogen-bond acceptors (Lipinski definition) is 4. The Morgan fingerprint density at radius 3 is 2.77 bits per heavy atom. The van der Waals surface area contributed by atoms with Crippen molar-refractivity contribution in [3.8, 4) is 0 Å². The molecule has 2 rings (SSSR count). The van der Waals surface area contributed by atoms with Crippen LogP contribution in [0.3, 0.4) is 0 Å². The Kier molecular flexibility index (Phi) is 4.55. The molecule has 0 saturated carbocycles. The first-order valence-electron chi connectivity index (χ1n) is 6.94. The van der Waals surface area contributed by atoms with Crippen molar-refractivity contribution in [1.82, 2.24) is 9.62 Å². The van der Waals surface area contributed by atoms with E-state index in [1.54, 1.807) is 6.92 Å². The van der Waals surface area contributed by atoms with Gasteiger partial charge < -0.3 is 11.1 Å². The predicted octanol–water partition coefficient (Wildman–Crippen LogP) is 0.416. The minimum Gasteiger partial charge on any atom is -0.366 e. The molecule has 1 unspecified atom stereocenters. The number of benzene rings is 1. The molecule has 1 aromatic rings. The van der Waals surface area contributed by atoms with E-state index in [1.165, 1.54) is 25.1 Å². The van der Waals surface area contributed by atoms with Crippen LogP contribution in [-0.2, 0) is 10.0 Å². The number of hydrogen-bond donors (Lipinski definition) is 2. The maximum atomic E-state index is 14.3. The summed E-state index contributed by atoms with van der Waals surface area (Å²) in [6.45, 7) is 3.43. The van der Waals surface area contributed by atoms with Gasteiger partial charge in [-0.2, -0.15) is 4.31 Å². The molecule has 1 aliphatic heterocycles. The third kappa shape index (κ3) is 3.45. The fraction of sp³-hybridized carbons (Fsp3) is 0.500. The largest absolute Gasteiger partial charge is 0.366 e. The molecule has 1 atom stereocenters. The van der Waals surface area contributed by atoms with Gasteiger partial charge in [-0.1, -0.05) is 6.07 Å². The number of halogens is 1. The highest BCUT2D eigenvalue weighted by Gasteiger charge is 2.35. The van der Waals surface area contributed by atoms with Crippen LogP contribution in [0.4, 0.5) is 4.39 Å². The van der Waals surface area contributed by atoms with Crippen molar-refractivity contribution in [1.29, 1.82) is 0 Å². The molecule has 0 aromatic heterocycles. The highest BCUT2D eigenvalue weighted by molar-refractivity contribution is 7.89. The summed E-state index contributed by atoms with van der Waals surface area (Å²) >= 11 is 0. The van der Waals surface area contributed by atoms with Crippen LogP contribution in [0.25, 0.3) is 0 Å². The van der Waals surface area contributed by atoms with Gasteiger partial charge in [0.05, 0.1) is 4.90 Å². The van der Waals surface area contributed by atoms with Crippen molar-refractivity contribution in [3.05, 3.63) is 29.3 Å². The number of sulfonamides is 1. The normalized spacial score (nSPS) is 24.0. The van der Waals surface area contributed by atoms with Gasteiger partial charge in [0.2, 0.25) is 15.9 Å². The average molecular weight is 329 g/mol. The van der Waals surface area contributed by atoms with Crippen LogP contribution in [0.15, 0.2) is 23.1 Å². The Bertz CT molecular complexity index is 689. The number of nitrogens with one attached hydrogen (secondary N) is 1. The molecule has 22 heavy (non-hydrogen) atoms. The fourth-order valence-corrected chi connectivity index (χ4v) is 4.01. The SMILES string of the molecule is Cc1ccc(S(=O)(=O)N2CCNCC(C)(F)C2)cc1C(N)=O. The molecule has 1 amide bonds. The van der Waals surface area contributed by atoms with Gasteiger partial charge in [0, 0.05) is 31.7 Å². The van der Waals surface area contributed by atoms with Crippen molar-refractivity contribution < 1.29 is 17.6 Å². The maximum Gasteiger partial charge on any atom is 0.249 e. The molecule has 0 spiro atoms. The van der Waals surface area contributed by atoms with Crippen molar-refractivity contribution in [3.63, 3.8) is 0 Å². The Balaban J connectivity index is 2.41. The lowest BCUT2D eigenvalue weighted by molar-refractivity contribution is 0.0999. The minimum atomic E-state index is -3.88. The van der Waals surface area contributed by atoms with E-state index < -0.39 is 21.6 Å². The number of carbonyl (C=O) groups excluding carboxylic acids is 1. The van der Waals surface area contributed by atoms with Gasteiger partial charge in [0.1, 0.15) is 5.67 Å². The number of carbonyl (C=O) groups is 1. The number of rotatable bonds is 3. The number of primary amides is 1. The van der Waals surface area contributed by atoms with Crippen LogP contribution in [-0.4, -0.2) is 50.5 Å². The molecule has 1 aromatic carbocycles. The molecule has 6 nitrogen and oxygen atoms in total. The molecular formula is C14H20FN3O3S. The number of nitrogens with zero attached hydrogens (tertiary/aromatic N) is 1. The van der Waals surface area contributed by atoms with Gasteiger partial charge in [-0.05, 0) is 31.5 Å². The molecule has 1 aliphatic rings. The van der Waals surface area contributed by atoms with Gasteiger partial charge in [0.15, 0.2) is 0 Å². The molecule has 8 heteroatoms. The first kappa shape index (κ1) is 16.9. The lowest BCUT2D eigenvalue weighted by atomic mass is 10.1. The predicted molar refractivity (Wildman–Crippen MR) is 80.8 cm³/mol. The van der Waals surface area contributed by atoms with Crippen LogP contribution < -0.4 is 11.1 Å². The Morgan fingerprint density at radius 2 is 2.14 bits per heavy atom. The Labute approximate surface area is 129 Å². The summed E-state index contributed by atoms with van der Waals surface area (Å²) in [5.74, 6) is -0.692. The van der Waals surface area contributed by atoms with E-state index in [0.29, 0.717) is 12.1 Å². The molecular weight excluding hydrogens is 309 g/mol. The lowest BCUT2D eigenvalue weighted by Crippen LogP contribution is -2.42. The first-order chi connectivity index (χ1) is 10.1. The lowest BCUT2D eigenvalue weighted by Gasteiger charge is -2.25. The second-order valence-electron chi connectivity index (χ2n) is 5.77. The summed E-state index contributed by atoms with van der Waals surface area (Å²) in [6.07, 6.45) is 0. The first-order valence-corrected chi connectivity index (χ1v) is 8.38. The van der Waals surface area contributed by atoms with E-state index in [-0.39, 0.29) is 30.1 Å². The summed E-state index contributed by atoms with van der Waals surface area (Å²) in [5, 5.41) is 2.87. The molecule has 1 heterocycles. The third-order valence-corrected chi connectivity index (χ3v) is 5.49. The van der Waals surface area contributed by atoms with Crippen LogP contribution in [0.2, 0.25) is 0 Å². The summed E-state index contributed by atoms with van der Waals surface area (Å²) in [4.78, 5) is 11.3. The average Bonchev–Trinajstić information content (AvgIpc) is 2.60. The zero-order valence-corrected chi connectivity index (χ0v) is 13.4. The second-order valence-corrected chi connectivity index (χ2v) is 7.71. The number of nitrogens with two attached hydrogens (primary N) is 1. The van der Waals surface area contributed by atoms with E-state index >= 15 is 0 Å². The van der Waals surface area contributed by atoms with Crippen molar-refractivity contribution >= 4 is 15.9 Å². The standard InChI is InChI=1S/C14H20FN3O3S/c1-10-3-4-11(7-12(10)13(16)19)22(20,21)18-6-5-17-8-14(2,15)9-18/h3-4,7,17H,5-6,8-9H2,1-2H3,(H2,16,19). The quantitative estimate of drug-likeness (QED) is 0.840. The van der Waals surface area contributed by atoms with Crippen LogP contribution in [0.5, 0.6) is 0 Å². The number of amides is 1. The zero-order chi connectivity index (χ0) is 16.5. The van der Waals surface area contributed by atoms with E-state index in [1.807, 2.05) is 0 Å². The molecule has 1 fully saturated rings. The topological polar surface area (TPSA) is 92.5 Å². The van der Waals surface area contributed by atoms with E-state index in [9.17, 15) is 17.6 Å². The van der Waals surface area contributed by atoms with E-state index in [0.717, 1.165) is 4.31 Å². The van der Waals surface area contributed by atoms with Crippen LogP contribution in [0.1, 0.15) is 22.8 Å². The van der Waals surface area contributed by atoms with Crippen molar-refractivity contribution in [2.45, 2.75) is 24.4 Å². The summed E-state index contributed by atoms with van der Waals surface area (Å²) in [6, 6.07) is 4.18. The fourth-order valence-electron chi connectivity index (χ4n) is 2.44. The molecule has 0 bridgehead atoms. The Hall–Kier alpha value is -1.51. The van der Waals surface area contributed by atoms with Crippen LogP contribution >= 0.6 is 0 Å². The molecule has 3 N–H and O–H groups in total. The zero-order valence-electron chi connectivity index (χ0n) is 12.6. The molecule has 0 aliphatic carbocycles. The number of alkyl halides is 1. The maximum absolute atomic E-state index is 14.3. The molecule has 0 radical (unpaired) electrons. The summed E-state index contributed by atoms with van der Waals surface area (Å²) < 4.78 is 40.7. The van der Waals surface area contributed by atoms with Gasteiger partial charge in [-0.15, -0.1) is 0 Å². The van der Waals surface area contributed by atoms with Gasteiger partial charge >= 0.3 is 0 Å². The highest BCUT2D eigenvalue weighted by atomic mass is 32.2. The monoisotopic (exact) mass is 329 g/mol. The van der Waals surface area contributed by atoms with Gasteiger partial charge in [0.25, 0.3) is 0 Å². The summed E-state index contributed by atoms with van der Waals surface area (Å²) in [5.41, 5.74) is 4.35. The second kappa shape index (κ2) is 5.94. The number of aryl methyl sites for hydroxylation is 1. The summed E-state index contributed by atoms with van der Waals surface area (Å²) in [7, 11) is -3.88. The Morgan fingerprint density at radius 1 is 1.45 bits per heavy atom. The smallest absolute Gasteiger partial charge is 0.249 e. The molecule has 1 saturated heterocycles.